The van der Waals surface area contributed by atoms with Crippen molar-refractivity contribution in [1.82, 2.24) is 24.6 Å². The van der Waals surface area contributed by atoms with Crippen LogP contribution in [0.4, 0.5) is 0 Å². The number of benzene rings is 2. The Bertz CT molecular complexity index is 1330. The van der Waals surface area contributed by atoms with Crippen molar-refractivity contribution in [2.24, 2.45) is 5.92 Å². The van der Waals surface area contributed by atoms with E-state index in [1.807, 2.05) is 71.1 Å². The van der Waals surface area contributed by atoms with Gasteiger partial charge in [-0.2, -0.15) is 0 Å². The number of carbonyl (C=O) groups excluding carboxylic acids is 2. The van der Waals surface area contributed by atoms with Crippen LogP contribution in [-0.4, -0.2) is 62.0 Å². The van der Waals surface area contributed by atoms with Crippen molar-refractivity contribution >= 4 is 34.5 Å². The predicted octanol–water partition coefficient (Wildman–Crippen LogP) is 4.31. The van der Waals surface area contributed by atoms with Gasteiger partial charge in [0.1, 0.15) is 0 Å². The van der Waals surface area contributed by atoms with E-state index in [4.69, 9.17) is 4.74 Å². The second-order valence-electron chi connectivity index (χ2n) is 8.42. The lowest BCUT2D eigenvalue weighted by molar-refractivity contribution is -0.151. The number of fused-ring (bicyclic) bond motifs is 1. The fourth-order valence-corrected chi connectivity index (χ4v) is 5.30. The zero-order chi connectivity index (χ0) is 24.2. The van der Waals surface area contributed by atoms with E-state index in [0.717, 1.165) is 28.0 Å². The second kappa shape index (κ2) is 10.4. The Kier molecular flexibility index (Phi) is 6.85. The van der Waals surface area contributed by atoms with Crippen molar-refractivity contribution < 1.29 is 14.3 Å². The molecule has 1 amide bonds. The van der Waals surface area contributed by atoms with Crippen LogP contribution in [0, 0.1) is 5.92 Å². The summed E-state index contributed by atoms with van der Waals surface area (Å²) in [6.07, 6.45) is 3.22. The number of ether oxygens (including phenoxy) is 1. The fraction of sp³-hybridized carbons (Fsp3) is 0.308. The summed E-state index contributed by atoms with van der Waals surface area (Å²) in [5.74, 6) is 0.733. The lowest BCUT2D eigenvalue weighted by Crippen LogP contribution is -2.41. The molecule has 0 radical (unpaired) electrons. The van der Waals surface area contributed by atoms with E-state index in [9.17, 15) is 9.59 Å². The molecule has 2 aromatic heterocycles. The summed E-state index contributed by atoms with van der Waals surface area (Å²) < 4.78 is 7.13. The third kappa shape index (κ3) is 4.81. The van der Waals surface area contributed by atoms with Gasteiger partial charge in [-0.15, -0.1) is 10.2 Å². The first-order valence-electron chi connectivity index (χ1n) is 11.8. The molecule has 9 heteroatoms. The fourth-order valence-electron chi connectivity index (χ4n) is 4.45. The number of amides is 1. The van der Waals surface area contributed by atoms with Crippen LogP contribution < -0.4 is 0 Å². The van der Waals surface area contributed by atoms with Gasteiger partial charge in [0.15, 0.2) is 11.0 Å². The quantitative estimate of drug-likeness (QED) is 0.307. The van der Waals surface area contributed by atoms with Gasteiger partial charge in [0.05, 0.1) is 18.3 Å². The molecule has 0 atom stereocenters. The second-order valence-corrected chi connectivity index (χ2v) is 9.36. The molecular weight excluding hydrogens is 462 g/mol. The maximum atomic E-state index is 13.0. The summed E-state index contributed by atoms with van der Waals surface area (Å²) in [6, 6.07) is 18.0. The lowest BCUT2D eigenvalue weighted by atomic mass is 9.97. The standard InChI is InChI=1S/C26H27N5O3S/c1-2-34-25(33)18-12-14-30(15-13-18)23(32)17-35-26-29-28-24(31(26)19-8-4-3-5-9-19)21-16-27-22-11-7-6-10-20(21)22/h3-11,16,18,27H,2,12-15,17H2,1H3. The number of nitrogens with zero attached hydrogens (tertiary/aromatic N) is 4. The summed E-state index contributed by atoms with van der Waals surface area (Å²) in [7, 11) is 0. The molecule has 0 spiro atoms. The Hall–Kier alpha value is -3.59. The van der Waals surface area contributed by atoms with Gasteiger partial charge in [0.2, 0.25) is 5.91 Å². The number of thioether (sulfide) groups is 1. The van der Waals surface area contributed by atoms with E-state index < -0.39 is 0 Å². The number of carbonyl (C=O) groups is 2. The molecule has 0 unspecified atom stereocenters. The van der Waals surface area contributed by atoms with E-state index >= 15 is 0 Å². The van der Waals surface area contributed by atoms with Crippen molar-refractivity contribution in [3.8, 4) is 17.1 Å². The van der Waals surface area contributed by atoms with Crippen molar-refractivity contribution in [3.05, 3.63) is 60.8 Å². The number of rotatable bonds is 7. The molecule has 0 bridgehead atoms. The summed E-state index contributed by atoms with van der Waals surface area (Å²) in [5.41, 5.74) is 2.92. The molecule has 1 aliphatic heterocycles. The molecule has 2 aromatic carbocycles. The van der Waals surface area contributed by atoms with Crippen LogP contribution in [0.15, 0.2) is 66.0 Å². The van der Waals surface area contributed by atoms with Gasteiger partial charge < -0.3 is 14.6 Å². The SMILES string of the molecule is CCOC(=O)C1CCN(C(=O)CSc2nnc(-c3c[nH]c4ccccc34)n2-c2ccccc2)CC1. The van der Waals surface area contributed by atoms with Crippen LogP contribution in [0.5, 0.6) is 0 Å². The van der Waals surface area contributed by atoms with E-state index in [2.05, 4.69) is 21.2 Å². The molecule has 180 valence electrons. The van der Waals surface area contributed by atoms with Crippen LogP contribution in [0.25, 0.3) is 28.0 Å². The summed E-state index contributed by atoms with van der Waals surface area (Å²) in [5, 5.41) is 10.7. The van der Waals surface area contributed by atoms with Crippen molar-refractivity contribution in [2.45, 2.75) is 24.9 Å². The monoisotopic (exact) mass is 489 g/mol. The van der Waals surface area contributed by atoms with Gasteiger partial charge in [-0.1, -0.05) is 48.2 Å². The number of para-hydroxylation sites is 2. The Balaban J connectivity index is 1.34. The van der Waals surface area contributed by atoms with E-state index in [1.54, 1.807) is 0 Å². The first kappa shape index (κ1) is 23.2. The summed E-state index contributed by atoms with van der Waals surface area (Å²) >= 11 is 1.38. The van der Waals surface area contributed by atoms with Gasteiger partial charge >= 0.3 is 5.97 Å². The molecule has 1 N–H and O–H groups in total. The number of nitrogens with one attached hydrogen (secondary N) is 1. The van der Waals surface area contributed by atoms with Crippen LogP contribution >= 0.6 is 11.8 Å². The minimum atomic E-state index is -0.158. The Morgan fingerprint density at radius 3 is 2.57 bits per heavy atom. The average molecular weight is 490 g/mol. The highest BCUT2D eigenvalue weighted by Gasteiger charge is 2.28. The lowest BCUT2D eigenvalue weighted by Gasteiger charge is -2.30. The zero-order valence-corrected chi connectivity index (χ0v) is 20.3. The van der Waals surface area contributed by atoms with Crippen LogP contribution in [0.3, 0.4) is 0 Å². The molecule has 4 aromatic rings. The average Bonchev–Trinajstić information content (AvgIpc) is 3.52. The molecule has 0 aliphatic carbocycles. The van der Waals surface area contributed by atoms with Gasteiger partial charge in [-0.3, -0.25) is 14.2 Å². The number of H-pyrrole nitrogens is 1. The van der Waals surface area contributed by atoms with Gasteiger partial charge in [-0.05, 0) is 38.0 Å². The minimum absolute atomic E-state index is 0.0357. The molecule has 5 rings (SSSR count). The topological polar surface area (TPSA) is 93.1 Å². The molecular formula is C26H27N5O3S. The molecule has 35 heavy (non-hydrogen) atoms. The van der Waals surface area contributed by atoms with Gasteiger partial charge in [0, 0.05) is 41.4 Å². The Morgan fingerprint density at radius 1 is 1.06 bits per heavy atom. The number of aromatic amines is 1. The summed E-state index contributed by atoms with van der Waals surface area (Å²) in [4.78, 5) is 30.1. The number of hydrogen-bond acceptors (Lipinski definition) is 6. The highest BCUT2D eigenvalue weighted by molar-refractivity contribution is 7.99. The number of esters is 1. The maximum absolute atomic E-state index is 13.0. The molecule has 3 heterocycles. The Morgan fingerprint density at radius 2 is 1.80 bits per heavy atom. The molecule has 1 fully saturated rings. The van der Waals surface area contributed by atoms with Crippen molar-refractivity contribution in [2.75, 3.05) is 25.4 Å². The number of aromatic nitrogens is 4. The normalized spacial score (nSPS) is 14.4. The number of likely N-dealkylation sites (tertiary alicyclic amines) is 1. The van der Waals surface area contributed by atoms with Crippen LogP contribution in [0.1, 0.15) is 19.8 Å². The summed E-state index contributed by atoms with van der Waals surface area (Å²) in [6.45, 7) is 3.33. The van der Waals surface area contributed by atoms with Crippen molar-refractivity contribution in [3.63, 3.8) is 0 Å². The highest BCUT2D eigenvalue weighted by atomic mass is 32.2. The van der Waals surface area contributed by atoms with Gasteiger partial charge in [-0.25, -0.2) is 0 Å². The molecule has 8 nitrogen and oxygen atoms in total. The first-order valence-corrected chi connectivity index (χ1v) is 12.8. The molecule has 0 saturated carbocycles. The van der Waals surface area contributed by atoms with Crippen LogP contribution in [0.2, 0.25) is 0 Å². The maximum Gasteiger partial charge on any atom is 0.309 e. The third-order valence-corrected chi connectivity index (χ3v) is 7.18. The molecule has 1 saturated heterocycles. The minimum Gasteiger partial charge on any atom is -0.466 e. The Labute approximate surface area is 207 Å². The van der Waals surface area contributed by atoms with Crippen LogP contribution in [-0.2, 0) is 14.3 Å². The predicted molar refractivity (Wildman–Crippen MR) is 135 cm³/mol. The molecule has 1 aliphatic rings. The largest absolute Gasteiger partial charge is 0.466 e. The number of piperidine rings is 1. The smallest absolute Gasteiger partial charge is 0.309 e. The van der Waals surface area contributed by atoms with Crippen molar-refractivity contribution in [1.29, 1.82) is 0 Å². The zero-order valence-electron chi connectivity index (χ0n) is 19.5. The third-order valence-electron chi connectivity index (χ3n) is 6.27. The van der Waals surface area contributed by atoms with E-state index in [1.165, 1.54) is 11.8 Å². The van der Waals surface area contributed by atoms with E-state index in [-0.39, 0.29) is 23.5 Å². The van der Waals surface area contributed by atoms with E-state index in [0.29, 0.717) is 37.7 Å². The highest BCUT2D eigenvalue weighted by Crippen LogP contribution is 2.32. The number of hydrogen-bond donors (Lipinski definition) is 1. The van der Waals surface area contributed by atoms with Gasteiger partial charge in [0.25, 0.3) is 0 Å². The first-order chi connectivity index (χ1) is 17.2.